The Morgan fingerprint density at radius 1 is 1.08 bits per heavy atom. The van der Waals surface area contributed by atoms with Crippen LogP contribution in [0.4, 0.5) is 5.69 Å². The maximum absolute atomic E-state index is 12.7. The second-order valence-corrected chi connectivity index (χ2v) is 7.60. The third-order valence-electron chi connectivity index (χ3n) is 4.00. The summed E-state index contributed by atoms with van der Waals surface area (Å²) in [5, 5.41) is 2.75. The summed E-state index contributed by atoms with van der Waals surface area (Å²) in [4.78, 5) is 12.5. The van der Waals surface area contributed by atoms with E-state index in [1.807, 2.05) is 30.3 Å². The maximum Gasteiger partial charge on any atom is 0.243 e. The van der Waals surface area contributed by atoms with Crippen molar-refractivity contribution in [1.82, 2.24) is 4.31 Å². The van der Waals surface area contributed by atoms with Crippen molar-refractivity contribution in [2.75, 3.05) is 25.5 Å². The molecule has 0 saturated carbocycles. The molecule has 0 aliphatic heterocycles. The molecule has 0 aliphatic carbocycles. The highest BCUT2D eigenvalue weighted by Gasteiger charge is 2.23. The van der Waals surface area contributed by atoms with Gasteiger partial charge in [-0.25, -0.2) is 8.42 Å². The van der Waals surface area contributed by atoms with Crippen LogP contribution in [0.15, 0.2) is 53.4 Å². The normalized spacial score (nSPS) is 11.4. The summed E-state index contributed by atoms with van der Waals surface area (Å²) in [7, 11) is -2.14. The predicted molar refractivity (Wildman–Crippen MR) is 102 cm³/mol. The van der Waals surface area contributed by atoms with Gasteiger partial charge in [-0.15, -0.1) is 0 Å². The summed E-state index contributed by atoms with van der Waals surface area (Å²) in [5.74, 6) is 0.164. The predicted octanol–water partition coefficient (Wildman–Crippen LogP) is 2.91. The number of ether oxygens (including phenoxy) is 1. The zero-order valence-corrected chi connectivity index (χ0v) is 16.0. The highest BCUT2D eigenvalue weighted by molar-refractivity contribution is 7.89. The standard InChI is InChI=1S/C19H24N2O4S/c1-4-21(5-2)26(23,24)16-11-12-18(25-3)17(14-16)20-19(22)13-15-9-7-6-8-10-15/h6-12,14H,4-5,13H2,1-3H3,(H,20,22). The molecule has 0 atom stereocenters. The van der Waals surface area contributed by atoms with Gasteiger partial charge in [0.05, 0.1) is 24.1 Å². The van der Waals surface area contributed by atoms with E-state index >= 15 is 0 Å². The van der Waals surface area contributed by atoms with Gasteiger partial charge in [0.2, 0.25) is 15.9 Å². The van der Waals surface area contributed by atoms with Gasteiger partial charge in [-0.3, -0.25) is 4.79 Å². The van der Waals surface area contributed by atoms with Crippen LogP contribution in [0.3, 0.4) is 0 Å². The van der Waals surface area contributed by atoms with Gasteiger partial charge < -0.3 is 10.1 Å². The summed E-state index contributed by atoms with van der Waals surface area (Å²) < 4.78 is 32.0. The number of sulfonamides is 1. The molecule has 0 radical (unpaired) electrons. The Hall–Kier alpha value is -2.38. The average molecular weight is 376 g/mol. The summed E-state index contributed by atoms with van der Waals surface area (Å²) in [5.41, 5.74) is 1.21. The van der Waals surface area contributed by atoms with Gasteiger partial charge >= 0.3 is 0 Å². The molecular weight excluding hydrogens is 352 g/mol. The molecule has 0 fully saturated rings. The minimum Gasteiger partial charge on any atom is -0.495 e. The Morgan fingerprint density at radius 2 is 1.73 bits per heavy atom. The number of nitrogens with zero attached hydrogens (tertiary/aromatic N) is 1. The fourth-order valence-corrected chi connectivity index (χ4v) is 4.12. The maximum atomic E-state index is 12.7. The van der Waals surface area contributed by atoms with Crippen molar-refractivity contribution in [2.24, 2.45) is 0 Å². The lowest BCUT2D eigenvalue weighted by atomic mass is 10.1. The monoisotopic (exact) mass is 376 g/mol. The first-order valence-corrected chi connectivity index (χ1v) is 9.88. The average Bonchev–Trinajstić information content (AvgIpc) is 2.63. The smallest absolute Gasteiger partial charge is 0.243 e. The Bertz CT molecular complexity index is 847. The van der Waals surface area contributed by atoms with E-state index in [2.05, 4.69) is 5.32 Å². The molecule has 1 N–H and O–H groups in total. The Kier molecular flexibility index (Phi) is 6.76. The first-order chi connectivity index (χ1) is 12.4. The van der Waals surface area contributed by atoms with Gasteiger partial charge in [-0.05, 0) is 23.8 Å². The van der Waals surface area contributed by atoms with Crippen molar-refractivity contribution in [3.63, 3.8) is 0 Å². The number of methoxy groups -OCH3 is 1. The molecule has 1 amide bonds. The van der Waals surface area contributed by atoms with Crippen LogP contribution in [0.2, 0.25) is 0 Å². The first kappa shape index (κ1) is 19.9. The lowest BCUT2D eigenvalue weighted by Crippen LogP contribution is -2.30. The van der Waals surface area contributed by atoms with E-state index in [1.165, 1.54) is 23.5 Å². The fourth-order valence-electron chi connectivity index (χ4n) is 2.63. The molecule has 6 nitrogen and oxygen atoms in total. The quantitative estimate of drug-likeness (QED) is 0.769. The van der Waals surface area contributed by atoms with Crippen LogP contribution in [-0.4, -0.2) is 38.8 Å². The number of benzene rings is 2. The number of nitrogens with one attached hydrogen (secondary N) is 1. The number of amides is 1. The Balaban J connectivity index is 2.28. The van der Waals surface area contributed by atoms with Crippen LogP contribution in [0.5, 0.6) is 5.75 Å². The molecular formula is C19H24N2O4S. The van der Waals surface area contributed by atoms with Gasteiger partial charge in [-0.1, -0.05) is 44.2 Å². The van der Waals surface area contributed by atoms with E-state index in [-0.39, 0.29) is 17.2 Å². The number of carbonyl (C=O) groups excluding carboxylic acids is 1. The van der Waals surface area contributed by atoms with Crippen LogP contribution < -0.4 is 10.1 Å². The van der Waals surface area contributed by atoms with Crippen molar-refractivity contribution >= 4 is 21.6 Å². The zero-order chi connectivity index (χ0) is 19.2. The van der Waals surface area contributed by atoms with Crippen LogP contribution >= 0.6 is 0 Å². The molecule has 2 aromatic carbocycles. The molecule has 0 saturated heterocycles. The van der Waals surface area contributed by atoms with Gasteiger partial charge in [0, 0.05) is 13.1 Å². The molecule has 2 aromatic rings. The second-order valence-electron chi connectivity index (χ2n) is 5.66. The van der Waals surface area contributed by atoms with Crippen LogP contribution in [0.1, 0.15) is 19.4 Å². The van der Waals surface area contributed by atoms with E-state index in [0.717, 1.165) is 5.56 Å². The number of anilines is 1. The van der Waals surface area contributed by atoms with Gasteiger partial charge in [0.15, 0.2) is 0 Å². The van der Waals surface area contributed by atoms with Crippen LogP contribution in [0, 0.1) is 0 Å². The number of hydrogen-bond acceptors (Lipinski definition) is 4. The molecule has 26 heavy (non-hydrogen) atoms. The summed E-state index contributed by atoms with van der Waals surface area (Å²) >= 11 is 0. The summed E-state index contributed by atoms with van der Waals surface area (Å²) in [6.07, 6.45) is 0.191. The van der Waals surface area contributed by atoms with Crippen molar-refractivity contribution in [2.45, 2.75) is 25.2 Å². The van der Waals surface area contributed by atoms with Crippen molar-refractivity contribution in [3.8, 4) is 5.75 Å². The van der Waals surface area contributed by atoms with Crippen molar-refractivity contribution in [1.29, 1.82) is 0 Å². The van der Waals surface area contributed by atoms with E-state index < -0.39 is 10.0 Å². The van der Waals surface area contributed by atoms with E-state index in [9.17, 15) is 13.2 Å². The van der Waals surface area contributed by atoms with Gasteiger partial charge in [-0.2, -0.15) is 4.31 Å². The minimum absolute atomic E-state index is 0.122. The molecule has 0 spiro atoms. The number of rotatable bonds is 8. The SMILES string of the molecule is CCN(CC)S(=O)(=O)c1ccc(OC)c(NC(=O)Cc2ccccc2)c1. The topological polar surface area (TPSA) is 75.7 Å². The fraction of sp³-hybridized carbons (Fsp3) is 0.316. The molecule has 2 rings (SSSR count). The third kappa shape index (κ3) is 4.62. The first-order valence-electron chi connectivity index (χ1n) is 8.44. The molecule has 0 bridgehead atoms. The van der Waals surface area contributed by atoms with E-state index in [0.29, 0.717) is 24.5 Å². The van der Waals surface area contributed by atoms with Crippen LogP contribution in [0.25, 0.3) is 0 Å². The lowest BCUT2D eigenvalue weighted by Gasteiger charge is -2.19. The van der Waals surface area contributed by atoms with Gasteiger partial charge in [0.25, 0.3) is 0 Å². The minimum atomic E-state index is -3.62. The highest BCUT2D eigenvalue weighted by atomic mass is 32.2. The summed E-state index contributed by atoms with van der Waals surface area (Å²) in [6, 6.07) is 13.8. The Labute approximate surface area is 154 Å². The molecule has 140 valence electrons. The van der Waals surface area contributed by atoms with E-state index in [4.69, 9.17) is 4.74 Å². The highest BCUT2D eigenvalue weighted by Crippen LogP contribution is 2.29. The number of carbonyl (C=O) groups is 1. The van der Waals surface area contributed by atoms with Crippen molar-refractivity contribution in [3.05, 3.63) is 54.1 Å². The van der Waals surface area contributed by atoms with Gasteiger partial charge in [0.1, 0.15) is 5.75 Å². The molecule has 7 heteroatoms. The van der Waals surface area contributed by atoms with Crippen LogP contribution in [-0.2, 0) is 21.2 Å². The van der Waals surface area contributed by atoms with E-state index in [1.54, 1.807) is 19.9 Å². The molecule has 0 heterocycles. The third-order valence-corrected chi connectivity index (χ3v) is 6.04. The molecule has 0 unspecified atom stereocenters. The Morgan fingerprint density at radius 3 is 2.31 bits per heavy atom. The van der Waals surface area contributed by atoms with Crippen molar-refractivity contribution < 1.29 is 17.9 Å². The molecule has 0 aromatic heterocycles. The zero-order valence-electron chi connectivity index (χ0n) is 15.2. The second kappa shape index (κ2) is 8.82. The molecule has 0 aliphatic rings. The summed E-state index contributed by atoms with van der Waals surface area (Å²) in [6.45, 7) is 4.32. The largest absolute Gasteiger partial charge is 0.495 e. The lowest BCUT2D eigenvalue weighted by molar-refractivity contribution is -0.115. The number of hydrogen-bond donors (Lipinski definition) is 1.